The third-order valence-corrected chi connectivity index (χ3v) is 7.26. The average molecular weight is 492 g/mol. The number of ether oxygens (including phenoxy) is 1. The minimum atomic E-state index is -0.929. The summed E-state index contributed by atoms with van der Waals surface area (Å²) >= 11 is 0. The third-order valence-electron chi connectivity index (χ3n) is 7.26. The number of aromatic nitrogens is 4. The van der Waals surface area contributed by atoms with E-state index in [1.165, 1.54) is 11.1 Å². The summed E-state index contributed by atoms with van der Waals surface area (Å²) in [5, 5.41) is 18.5. The van der Waals surface area contributed by atoms with Gasteiger partial charge in [-0.15, -0.1) is 5.10 Å². The maximum atomic E-state index is 12.3. The summed E-state index contributed by atoms with van der Waals surface area (Å²) in [6.45, 7) is 12.9. The first-order valence-corrected chi connectivity index (χ1v) is 12.7. The Balaban J connectivity index is 1.59. The zero-order valence-electron chi connectivity index (χ0n) is 21.9. The van der Waals surface area contributed by atoms with E-state index in [4.69, 9.17) is 4.74 Å². The Kier molecular flexibility index (Phi) is 7.73. The smallest absolute Gasteiger partial charge is 0.309 e. The lowest BCUT2D eigenvalue weighted by molar-refractivity contribution is -0.148. The molecule has 0 saturated carbocycles. The number of rotatable bonds is 9. The number of hydrogen-bond donors (Lipinski definition) is 1. The van der Waals surface area contributed by atoms with Crippen LogP contribution in [0.15, 0.2) is 42.7 Å². The quantitative estimate of drug-likeness (QED) is 0.467. The molecule has 1 aliphatic rings. The lowest BCUT2D eigenvalue weighted by Gasteiger charge is -2.32. The second-order valence-electron chi connectivity index (χ2n) is 10.4. The van der Waals surface area contributed by atoms with Gasteiger partial charge in [0.25, 0.3) is 0 Å². The van der Waals surface area contributed by atoms with Crippen LogP contribution < -0.4 is 4.74 Å². The topological polar surface area (TPSA) is 93.4 Å². The second kappa shape index (κ2) is 10.8. The second-order valence-corrected chi connectivity index (χ2v) is 10.4. The zero-order valence-corrected chi connectivity index (χ0v) is 21.9. The van der Waals surface area contributed by atoms with Gasteiger partial charge < -0.3 is 9.84 Å². The summed E-state index contributed by atoms with van der Waals surface area (Å²) < 4.78 is 7.89. The van der Waals surface area contributed by atoms with Gasteiger partial charge in [0.05, 0.1) is 16.8 Å². The maximum absolute atomic E-state index is 12.3. The van der Waals surface area contributed by atoms with Crippen LogP contribution in [0.3, 0.4) is 0 Å². The molecule has 1 aliphatic heterocycles. The number of hydrogen-bond acceptors (Lipinski definition) is 6. The number of nitrogens with zero attached hydrogens (tertiary/aromatic N) is 5. The molecule has 0 amide bonds. The van der Waals surface area contributed by atoms with E-state index < -0.39 is 11.4 Å². The van der Waals surface area contributed by atoms with Crippen molar-refractivity contribution >= 4 is 5.97 Å². The summed E-state index contributed by atoms with van der Waals surface area (Å²) in [6, 6.07) is 10.3. The average Bonchev–Trinajstić information content (AvgIpc) is 3.23. The fourth-order valence-corrected chi connectivity index (χ4v) is 4.98. The number of fused-ring (bicyclic) bond motifs is 1. The fraction of sp³-hybridized carbons (Fsp3) is 0.500. The molecule has 192 valence electrons. The Labute approximate surface area is 213 Å². The van der Waals surface area contributed by atoms with E-state index in [1.807, 2.05) is 39.1 Å². The van der Waals surface area contributed by atoms with E-state index in [-0.39, 0.29) is 12.0 Å². The van der Waals surface area contributed by atoms with Gasteiger partial charge in [0.1, 0.15) is 11.9 Å². The SMILES string of the molecule is CCn1cc(CCC(c2ccc(C)c(CN3Cc4ncccc4O[C@H](C)C3)c2)C(C)(C)C(=O)O)nn1. The van der Waals surface area contributed by atoms with E-state index >= 15 is 0 Å². The lowest BCUT2D eigenvalue weighted by Crippen LogP contribution is -2.32. The Morgan fingerprint density at radius 3 is 2.83 bits per heavy atom. The summed E-state index contributed by atoms with van der Waals surface area (Å²) in [7, 11) is 0. The molecule has 1 unspecified atom stereocenters. The molecule has 2 aromatic heterocycles. The molecule has 0 radical (unpaired) electrons. The molecule has 1 aromatic carbocycles. The van der Waals surface area contributed by atoms with Crippen molar-refractivity contribution in [3.8, 4) is 5.75 Å². The monoisotopic (exact) mass is 491 g/mol. The highest BCUT2D eigenvalue weighted by molar-refractivity contribution is 5.75. The lowest BCUT2D eigenvalue weighted by atomic mass is 9.72. The molecular formula is C28H37N5O3. The Hall–Kier alpha value is -3.26. The van der Waals surface area contributed by atoms with Gasteiger partial charge in [0.15, 0.2) is 0 Å². The Morgan fingerprint density at radius 1 is 1.31 bits per heavy atom. The van der Waals surface area contributed by atoms with Crippen molar-refractivity contribution in [3.63, 3.8) is 0 Å². The first-order chi connectivity index (χ1) is 17.2. The number of aryl methyl sites for hydroxylation is 3. The van der Waals surface area contributed by atoms with Crippen molar-refractivity contribution in [2.24, 2.45) is 5.41 Å². The molecule has 36 heavy (non-hydrogen) atoms. The molecule has 8 nitrogen and oxygen atoms in total. The number of pyridine rings is 1. The minimum Gasteiger partial charge on any atom is -0.487 e. The molecule has 1 N–H and O–H groups in total. The van der Waals surface area contributed by atoms with Crippen molar-refractivity contribution in [1.29, 1.82) is 0 Å². The van der Waals surface area contributed by atoms with Gasteiger partial charge in [-0.05, 0) is 82.2 Å². The van der Waals surface area contributed by atoms with Gasteiger partial charge in [0.2, 0.25) is 0 Å². The highest BCUT2D eigenvalue weighted by Crippen LogP contribution is 2.40. The number of benzene rings is 1. The molecule has 0 fully saturated rings. The van der Waals surface area contributed by atoms with Crippen molar-refractivity contribution in [3.05, 3.63) is 70.8 Å². The van der Waals surface area contributed by atoms with Crippen LogP contribution in [0.2, 0.25) is 0 Å². The van der Waals surface area contributed by atoms with Crippen LogP contribution >= 0.6 is 0 Å². The molecule has 2 atom stereocenters. The first-order valence-electron chi connectivity index (χ1n) is 12.7. The molecule has 0 spiro atoms. The van der Waals surface area contributed by atoms with E-state index in [0.717, 1.165) is 42.3 Å². The maximum Gasteiger partial charge on any atom is 0.309 e. The van der Waals surface area contributed by atoms with Crippen LogP contribution in [-0.4, -0.2) is 48.6 Å². The van der Waals surface area contributed by atoms with Crippen LogP contribution in [0.5, 0.6) is 5.75 Å². The highest BCUT2D eigenvalue weighted by atomic mass is 16.5. The normalized spacial score (nSPS) is 17.2. The standard InChI is InChI=1S/C28H37N5O3/c1-6-33-17-23(30-31-33)11-12-24(28(4,5)27(34)35)21-10-9-19(2)22(14-21)16-32-15-20(3)36-26-8-7-13-29-25(26)18-32/h7-10,13-14,17,20,24H,6,11-12,15-16,18H2,1-5H3,(H,34,35)/t20-,24?/m1/s1. The predicted molar refractivity (Wildman–Crippen MR) is 138 cm³/mol. The summed E-state index contributed by atoms with van der Waals surface area (Å²) in [5.74, 6) is -0.121. The molecule has 8 heteroatoms. The largest absolute Gasteiger partial charge is 0.487 e. The van der Waals surface area contributed by atoms with Gasteiger partial charge in [-0.25, -0.2) is 0 Å². The van der Waals surface area contributed by atoms with Crippen molar-refractivity contribution in [1.82, 2.24) is 24.9 Å². The number of carboxylic acids is 1. The molecule has 0 saturated heterocycles. The summed E-state index contributed by atoms with van der Waals surface area (Å²) in [5.41, 5.74) is 4.34. The van der Waals surface area contributed by atoms with E-state index in [2.05, 4.69) is 52.2 Å². The van der Waals surface area contributed by atoms with Gasteiger partial charge in [-0.3, -0.25) is 19.4 Å². The molecule has 0 aliphatic carbocycles. The minimum absolute atomic E-state index is 0.0502. The van der Waals surface area contributed by atoms with E-state index in [0.29, 0.717) is 19.4 Å². The van der Waals surface area contributed by atoms with Gasteiger partial charge >= 0.3 is 5.97 Å². The highest BCUT2D eigenvalue weighted by Gasteiger charge is 2.38. The van der Waals surface area contributed by atoms with Crippen LogP contribution in [0.25, 0.3) is 0 Å². The van der Waals surface area contributed by atoms with Crippen LogP contribution in [0.4, 0.5) is 0 Å². The first kappa shape index (κ1) is 25.8. The van der Waals surface area contributed by atoms with E-state index in [1.54, 1.807) is 10.9 Å². The molecular weight excluding hydrogens is 454 g/mol. The van der Waals surface area contributed by atoms with Crippen molar-refractivity contribution in [2.45, 2.75) is 79.1 Å². The Bertz CT molecular complexity index is 1210. The Morgan fingerprint density at radius 2 is 2.11 bits per heavy atom. The number of aliphatic carboxylic acids is 1. The zero-order chi connectivity index (χ0) is 25.9. The fourth-order valence-electron chi connectivity index (χ4n) is 4.98. The molecule has 4 rings (SSSR count). The van der Waals surface area contributed by atoms with E-state index in [9.17, 15) is 9.90 Å². The summed E-state index contributed by atoms with van der Waals surface area (Å²) in [6.07, 6.45) is 5.15. The van der Waals surface area contributed by atoms with Crippen molar-refractivity contribution < 1.29 is 14.6 Å². The summed E-state index contributed by atoms with van der Waals surface area (Å²) in [4.78, 5) is 19.2. The molecule has 0 bridgehead atoms. The number of carboxylic acid groups (broad SMARTS) is 1. The van der Waals surface area contributed by atoms with Gasteiger partial charge in [-0.1, -0.05) is 23.4 Å². The van der Waals surface area contributed by atoms with Gasteiger partial charge in [0, 0.05) is 38.6 Å². The molecule has 3 aromatic rings. The molecule has 3 heterocycles. The number of carbonyl (C=O) groups is 1. The van der Waals surface area contributed by atoms with Gasteiger partial charge in [-0.2, -0.15) is 0 Å². The van der Waals surface area contributed by atoms with Crippen LogP contribution in [0.1, 0.15) is 68.1 Å². The van der Waals surface area contributed by atoms with Crippen LogP contribution in [-0.2, 0) is 30.8 Å². The third kappa shape index (κ3) is 5.75. The van der Waals surface area contributed by atoms with Crippen LogP contribution in [0, 0.1) is 12.3 Å². The predicted octanol–water partition coefficient (Wildman–Crippen LogP) is 4.61. The van der Waals surface area contributed by atoms with Crippen molar-refractivity contribution in [2.75, 3.05) is 6.54 Å².